The number of hydroxylamine groups is 2. The molecular weight excluding hydrogens is 474 g/mol. The van der Waals surface area contributed by atoms with Crippen molar-refractivity contribution in [2.24, 2.45) is 0 Å². The van der Waals surface area contributed by atoms with E-state index in [9.17, 15) is 20.1 Å². The molecule has 0 aromatic carbocycles. The van der Waals surface area contributed by atoms with Crippen LogP contribution in [-0.2, 0) is 4.84 Å². The molecule has 2 heterocycles. The van der Waals surface area contributed by atoms with Gasteiger partial charge in [0.2, 0.25) is 0 Å². The van der Waals surface area contributed by atoms with E-state index in [-0.39, 0.29) is 6.61 Å². The molecule has 0 atom stereocenters. The molecule has 10 nitrogen and oxygen atoms in total. The number of hydrogen-bond donors (Lipinski definition) is 1. The molecule has 1 N–H and O–H groups in total. The molecule has 2 rings (SSSR count). The van der Waals surface area contributed by atoms with Gasteiger partial charge in [0.15, 0.2) is 0 Å². The fourth-order valence-corrected chi connectivity index (χ4v) is 4.74. The lowest BCUT2D eigenvalue weighted by Gasteiger charge is -2.35. The molecule has 1 aliphatic rings. The second kappa shape index (κ2) is 18.7. The molecule has 1 aromatic heterocycles. The van der Waals surface area contributed by atoms with Gasteiger partial charge >= 0.3 is 0 Å². The lowest BCUT2D eigenvalue weighted by molar-refractivity contribution is -0.757. The number of nitrogens with zero attached hydrogens (tertiary/aromatic N) is 5. The number of amides is 1. The number of anilines is 1. The molecule has 1 amide bonds. The van der Waals surface area contributed by atoms with Crippen molar-refractivity contribution in [3.05, 3.63) is 34.0 Å². The molecule has 1 aliphatic heterocycles. The Morgan fingerprint density at radius 3 is 2.05 bits per heavy atom. The van der Waals surface area contributed by atoms with E-state index in [4.69, 9.17) is 0 Å². The quantitative estimate of drug-likeness (QED) is 0.106. The largest absolute Gasteiger partial charge is 0.354 e. The van der Waals surface area contributed by atoms with Crippen LogP contribution in [0.2, 0.25) is 0 Å². The number of pyridine rings is 1. The van der Waals surface area contributed by atoms with Gasteiger partial charge in [-0.05, 0) is 37.9 Å². The van der Waals surface area contributed by atoms with Gasteiger partial charge in [-0.1, -0.05) is 71.1 Å². The van der Waals surface area contributed by atoms with E-state index in [0.717, 1.165) is 82.1 Å². The summed E-state index contributed by atoms with van der Waals surface area (Å²) in [5.74, 6) is 0.495. The van der Waals surface area contributed by atoms with Crippen LogP contribution in [0.3, 0.4) is 0 Å². The Labute approximate surface area is 222 Å². The molecule has 1 saturated heterocycles. The molecule has 0 radical (unpaired) electrons. The maximum Gasteiger partial charge on any atom is 0.294 e. The number of carbonyl (C=O) groups excluding carboxylic acids is 1. The molecule has 0 saturated carbocycles. The lowest BCUT2D eigenvalue weighted by atomic mass is 10.1. The lowest BCUT2D eigenvalue weighted by Crippen LogP contribution is -2.46. The standard InChI is InChI=1S/C27H47N5O5/c1-2-17-29-19-21-30(22-20-29)26-16-15-25(24-28-26)27(33)31(34)18-13-11-9-7-5-3-4-6-8-10-12-14-23-37-32(35)36/h15-16,24,34H,2-14,17-23H2,1H3. The Morgan fingerprint density at radius 1 is 0.973 bits per heavy atom. The molecule has 210 valence electrons. The molecular formula is C27H47N5O5. The zero-order chi connectivity index (χ0) is 26.7. The van der Waals surface area contributed by atoms with E-state index in [1.807, 2.05) is 6.07 Å². The third-order valence-electron chi connectivity index (χ3n) is 6.93. The number of piperazine rings is 1. The van der Waals surface area contributed by atoms with Gasteiger partial charge < -0.3 is 9.74 Å². The van der Waals surface area contributed by atoms with Crippen LogP contribution >= 0.6 is 0 Å². The van der Waals surface area contributed by atoms with Gasteiger partial charge in [0, 0.05) is 38.9 Å². The molecule has 10 heteroatoms. The zero-order valence-corrected chi connectivity index (χ0v) is 22.7. The van der Waals surface area contributed by atoms with Crippen molar-refractivity contribution in [2.75, 3.05) is 50.8 Å². The summed E-state index contributed by atoms with van der Waals surface area (Å²) in [4.78, 5) is 36.1. The third-order valence-corrected chi connectivity index (χ3v) is 6.93. The number of unbranched alkanes of at least 4 members (excludes halogenated alkanes) is 11. The van der Waals surface area contributed by atoms with Crippen molar-refractivity contribution in [3.8, 4) is 0 Å². The minimum absolute atomic E-state index is 0.205. The topological polar surface area (TPSA) is 112 Å². The molecule has 0 bridgehead atoms. The van der Waals surface area contributed by atoms with E-state index in [1.165, 1.54) is 44.9 Å². The number of hydrogen-bond acceptors (Lipinski definition) is 8. The van der Waals surface area contributed by atoms with Crippen LogP contribution in [0.1, 0.15) is 101 Å². The maximum absolute atomic E-state index is 12.5. The minimum atomic E-state index is -0.729. The normalized spacial score (nSPS) is 14.1. The average molecular weight is 522 g/mol. The zero-order valence-electron chi connectivity index (χ0n) is 22.7. The number of aromatic nitrogens is 1. The molecule has 0 unspecified atom stereocenters. The number of carbonyl (C=O) groups is 1. The Balaban J connectivity index is 1.46. The van der Waals surface area contributed by atoms with E-state index in [1.54, 1.807) is 12.3 Å². The van der Waals surface area contributed by atoms with E-state index >= 15 is 0 Å². The molecule has 1 aromatic rings. The third kappa shape index (κ3) is 13.1. The Morgan fingerprint density at radius 2 is 1.54 bits per heavy atom. The van der Waals surface area contributed by atoms with Crippen molar-refractivity contribution in [2.45, 2.75) is 90.4 Å². The summed E-state index contributed by atoms with van der Waals surface area (Å²) >= 11 is 0. The Bertz CT molecular complexity index is 756. The van der Waals surface area contributed by atoms with E-state index < -0.39 is 11.0 Å². The summed E-state index contributed by atoms with van der Waals surface area (Å²) in [7, 11) is 0. The minimum Gasteiger partial charge on any atom is -0.354 e. The summed E-state index contributed by atoms with van der Waals surface area (Å²) in [6.07, 6.45) is 15.7. The van der Waals surface area contributed by atoms with Gasteiger partial charge in [-0.25, -0.2) is 10.0 Å². The first-order valence-corrected chi connectivity index (χ1v) is 14.2. The van der Waals surface area contributed by atoms with Crippen LogP contribution in [0.15, 0.2) is 18.3 Å². The summed E-state index contributed by atoms with van der Waals surface area (Å²) in [6, 6.07) is 3.64. The molecule has 1 fully saturated rings. The van der Waals surface area contributed by atoms with Crippen molar-refractivity contribution in [3.63, 3.8) is 0 Å². The van der Waals surface area contributed by atoms with Crippen LogP contribution in [0.4, 0.5) is 5.82 Å². The van der Waals surface area contributed by atoms with Gasteiger partial charge in [0.1, 0.15) is 5.82 Å². The van der Waals surface area contributed by atoms with Gasteiger partial charge in [-0.2, -0.15) is 0 Å². The summed E-state index contributed by atoms with van der Waals surface area (Å²) < 4.78 is 0. The van der Waals surface area contributed by atoms with Crippen molar-refractivity contribution in [1.29, 1.82) is 0 Å². The Hall–Kier alpha value is -2.46. The van der Waals surface area contributed by atoms with Crippen molar-refractivity contribution < 1.29 is 19.9 Å². The molecule has 37 heavy (non-hydrogen) atoms. The summed E-state index contributed by atoms with van der Waals surface area (Å²) in [5, 5.41) is 20.3. The highest BCUT2D eigenvalue weighted by atomic mass is 16.9. The van der Waals surface area contributed by atoms with Gasteiger partial charge in [-0.15, -0.1) is 10.1 Å². The van der Waals surface area contributed by atoms with Gasteiger partial charge in [-0.3, -0.25) is 14.9 Å². The predicted octanol–water partition coefficient (Wildman–Crippen LogP) is 5.33. The fraction of sp³-hybridized carbons (Fsp3) is 0.778. The SMILES string of the molecule is CCCN1CCN(c2ccc(C(=O)N(O)CCCCCCCCCCCCCCO[N+](=O)[O-])cn2)CC1. The highest BCUT2D eigenvalue weighted by Crippen LogP contribution is 2.16. The van der Waals surface area contributed by atoms with Crippen LogP contribution in [0.5, 0.6) is 0 Å². The monoisotopic (exact) mass is 521 g/mol. The highest BCUT2D eigenvalue weighted by molar-refractivity contribution is 5.93. The first kappa shape index (κ1) is 30.8. The highest BCUT2D eigenvalue weighted by Gasteiger charge is 2.19. The van der Waals surface area contributed by atoms with Gasteiger partial charge in [0.25, 0.3) is 11.0 Å². The number of rotatable bonds is 20. The first-order chi connectivity index (χ1) is 18.0. The van der Waals surface area contributed by atoms with Crippen molar-refractivity contribution in [1.82, 2.24) is 14.9 Å². The van der Waals surface area contributed by atoms with Crippen LogP contribution < -0.4 is 4.90 Å². The average Bonchev–Trinajstić information content (AvgIpc) is 2.91. The van der Waals surface area contributed by atoms with Crippen LogP contribution in [0, 0.1) is 10.1 Å². The van der Waals surface area contributed by atoms with E-state index in [0.29, 0.717) is 12.1 Å². The molecule has 0 aliphatic carbocycles. The second-order valence-corrected chi connectivity index (χ2v) is 9.96. The van der Waals surface area contributed by atoms with Gasteiger partial charge in [0.05, 0.1) is 12.2 Å². The predicted molar refractivity (Wildman–Crippen MR) is 144 cm³/mol. The summed E-state index contributed by atoms with van der Waals surface area (Å²) in [6.45, 7) is 7.84. The Kier molecular flexibility index (Phi) is 15.6. The molecule has 0 spiro atoms. The van der Waals surface area contributed by atoms with Crippen LogP contribution in [0.25, 0.3) is 0 Å². The maximum atomic E-state index is 12.5. The first-order valence-electron chi connectivity index (χ1n) is 14.2. The smallest absolute Gasteiger partial charge is 0.294 e. The fourth-order valence-electron chi connectivity index (χ4n) is 4.74. The van der Waals surface area contributed by atoms with Crippen LogP contribution in [-0.4, -0.2) is 77.0 Å². The van der Waals surface area contributed by atoms with Crippen molar-refractivity contribution >= 4 is 11.7 Å². The summed E-state index contributed by atoms with van der Waals surface area (Å²) in [5.41, 5.74) is 0.417. The second-order valence-electron chi connectivity index (χ2n) is 9.96. The van der Waals surface area contributed by atoms with E-state index in [2.05, 4.69) is 26.5 Å².